The van der Waals surface area contributed by atoms with Gasteiger partial charge in [-0.1, -0.05) is 11.6 Å². The van der Waals surface area contributed by atoms with Crippen LogP contribution in [-0.2, 0) is 12.8 Å². The van der Waals surface area contributed by atoms with Crippen molar-refractivity contribution < 1.29 is 9.47 Å². The summed E-state index contributed by atoms with van der Waals surface area (Å²) in [6.07, 6.45) is 7.93. The number of halogens is 1. The molecule has 0 atom stereocenters. The fourth-order valence-corrected chi connectivity index (χ4v) is 5.03. The van der Waals surface area contributed by atoms with Gasteiger partial charge in [-0.05, 0) is 84.0 Å². The molecule has 1 saturated heterocycles. The summed E-state index contributed by atoms with van der Waals surface area (Å²) in [6, 6.07) is 1.98. The van der Waals surface area contributed by atoms with Crippen molar-refractivity contribution in [1.82, 2.24) is 9.88 Å². The first kappa shape index (κ1) is 21.4. The van der Waals surface area contributed by atoms with Crippen LogP contribution in [0.2, 0.25) is 5.02 Å². The van der Waals surface area contributed by atoms with Crippen molar-refractivity contribution in [2.24, 2.45) is 4.99 Å². The number of aromatic nitrogens is 1. The molecule has 0 unspecified atom stereocenters. The Hall–Kier alpha value is -1.85. The van der Waals surface area contributed by atoms with Crippen LogP contribution in [0.5, 0.6) is 11.5 Å². The monoisotopic (exact) mass is 429 g/mol. The summed E-state index contributed by atoms with van der Waals surface area (Å²) in [5, 5.41) is 1.60. The summed E-state index contributed by atoms with van der Waals surface area (Å²) in [6.45, 7) is 8.30. The number of methoxy groups -OCH3 is 1. The molecule has 162 valence electrons. The molecule has 1 fully saturated rings. The molecule has 2 heterocycles. The molecule has 1 aromatic carbocycles. The van der Waals surface area contributed by atoms with Crippen molar-refractivity contribution in [3.63, 3.8) is 0 Å². The molecular formula is C24H32ClN3O2. The molecule has 1 aliphatic carbocycles. The first-order chi connectivity index (χ1) is 14.6. The molecule has 1 aromatic heterocycles. The molecule has 6 heteroatoms. The molecule has 0 amide bonds. The molecule has 5 nitrogen and oxygen atoms in total. The molecule has 0 N–H and O–H groups in total. The minimum absolute atomic E-state index is 0.608. The smallest absolute Gasteiger partial charge is 0.180 e. The molecule has 0 spiro atoms. The molecule has 30 heavy (non-hydrogen) atoms. The predicted octanol–water partition coefficient (Wildman–Crippen LogP) is 5.75. The maximum absolute atomic E-state index is 6.83. The lowest BCUT2D eigenvalue weighted by Gasteiger charge is -2.17. The Balaban J connectivity index is 1.58. The van der Waals surface area contributed by atoms with Gasteiger partial charge in [0.25, 0.3) is 0 Å². The summed E-state index contributed by atoms with van der Waals surface area (Å²) in [4.78, 5) is 12.1. The molecule has 4 rings (SSSR count). The Kier molecular flexibility index (Phi) is 6.79. The summed E-state index contributed by atoms with van der Waals surface area (Å²) < 4.78 is 11.8. The second-order valence-corrected chi connectivity index (χ2v) is 8.90. The lowest BCUT2D eigenvalue weighted by Crippen LogP contribution is -2.20. The normalized spacial score (nSPS) is 16.1. The lowest BCUT2D eigenvalue weighted by molar-refractivity contribution is 0.269. The number of fused-ring (bicyclic) bond motifs is 3. The molecule has 1 aliphatic heterocycles. The van der Waals surface area contributed by atoms with Crippen molar-refractivity contribution in [3.05, 3.63) is 22.2 Å². The van der Waals surface area contributed by atoms with Crippen LogP contribution in [0, 0.1) is 0 Å². The van der Waals surface area contributed by atoms with Crippen LogP contribution >= 0.6 is 11.6 Å². The minimum Gasteiger partial charge on any atom is -0.491 e. The van der Waals surface area contributed by atoms with Gasteiger partial charge in [0, 0.05) is 22.7 Å². The second kappa shape index (κ2) is 9.52. The highest BCUT2D eigenvalue weighted by Gasteiger charge is 2.25. The molecular weight excluding hydrogens is 398 g/mol. The van der Waals surface area contributed by atoms with E-state index in [-0.39, 0.29) is 0 Å². The number of ether oxygens (including phenoxy) is 2. The van der Waals surface area contributed by atoms with Gasteiger partial charge in [-0.2, -0.15) is 0 Å². The largest absolute Gasteiger partial charge is 0.491 e. The van der Waals surface area contributed by atoms with E-state index in [2.05, 4.69) is 4.90 Å². The van der Waals surface area contributed by atoms with Crippen LogP contribution in [0.15, 0.2) is 11.1 Å². The fourth-order valence-electron chi connectivity index (χ4n) is 4.65. The molecule has 0 bridgehead atoms. The van der Waals surface area contributed by atoms with E-state index in [1.165, 1.54) is 37.1 Å². The summed E-state index contributed by atoms with van der Waals surface area (Å²) in [5.41, 5.74) is 4.34. The summed E-state index contributed by atoms with van der Waals surface area (Å²) in [7, 11) is 1.65. The standard InChI is InChI=1S/C24H32ClN3O2/c1-16(2)26-24-18-10-8-9-17(18)21-19(27-24)15-20(23(29-3)22(21)25)30-14-7-6-13-28-11-4-5-12-28/h15H,4-14H2,1-3H3. The van der Waals surface area contributed by atoms with Crippen molar-refractivity contribution in [1.29, 1.82) is 0 Å². The van der Waals surface area contributed by atoms with Crippen LogP contribution in [-0.4, -0.2) is 48.9 Å². The first-order valence-electron chi connectivity index (χ1n) is 11.2. The van der Waals surface area contributed by atoms with Gasteiger partial charge in [0.05, 0.1) is 24.3 Å². The minimum atomic E-state index is 0.608. The van der Waals surface area contributed by atoms with E-state index in [0.29, 0.717) is 23.1 Å². The summed E-state index contributed by atoms with van der Waals surface area (Å²) >= 11 is 6.83. The topological polar surface area (TPSA) is 47.0 Å². The van der Waals surface area contributed by atoms with Crippen LogP contribution < -0.4 is 9.47 Å². The fraction of sp³-hybridized carbons (Fsp3) is 0.583. The Labute approximate surface area is 184 Å². The van der Waals surface area contributed by atoms with Crippen molar-refractivity contribution >= 4 is 34.0 Å². The number of benzene rings is 1. The van der Waals surface area contributed by atoms with Crippen LogP contribution in [0.4, 0.5) is 5.82 Å². The predicted molar refractivity (Wildman–Crippen MR) is 124 cm³/mol. The van der Waals surface area contributed by atoms with Crippen LogP contribution in [0.3, 0.4) is 0 Å². The number of unbranched alkanes of at least 4 members (excludes halogenated alkanes) is 1. The van der Waals surface area contributed by atoms with Gasteiger partial charge in [-0.25, -0.2) is 9.98 Å². The van der Waals surface area contributed by atoms with E-state index in [4.69, 9.17) is 31.1 Å². The SMILES string of the molecule is COc1c(OCCCCN2CCCC2)cc2nc(N=C(C)C)c3c(c2c1Cl)CCC3. The van der Waals surface area contributed by atoms with Gasteiger partial charge in [-0.15, -0.1) is 0 Å². The van der Waals surface area contributed by atoms with Crippen LogP contribution in [0.25, 0.3) is 10.9 Å². The zero-order valence-corrected chi connectivity index (χ0v) is 19.1. The number of nitrogens with zero attached hydrogens (tertiary/aromatic N) is 3. The number of likely N-dealkylation sites (tertiary alicyclic amines) is 1. The molecule has 2 aliphatic rings. The molecule has 0 radical (unpaired) electrons. The highest BCUT2D eigenvalue weighted by molar-refractivity contribution is 6.37. The van der Waals surface area contributed by atoms with Crippen LogP contribution in [0.1, 0.15) is 57.1 Å². The number of aliphatic imine (C=N–C) groups is 1. The maximum Gasteiger partial charge on any atom is 0.180 e. The quantitative estimate of drug-likeness (QED) is 0.395. The summed E-state index contributed by atoms with van der Waals surface area (Å²) in [5.74, 6) is 2.11. The third-order valence-corrected chi connectivity index (χ3v) is 6.40. The Morgan fingerprint density at radius 1 is 1.13 bits per heavy atom. The van der Waals surface area contributed by atoms with Gasteiger partial charge >= 0.3 is 0 Å². The van der Waals surface area contributed by atoms with E-state index in [1.807, 2.05) is 19.9 Å². The van der Waals surface area contributed by atoms with E-state index in [1.54, 1.807) is 7.11 Å². The van der Waals surface area contributed by atoms with Crippen molar-refractivity contribution in [3.8, 4) is 11.5 Å². The van der Waals surface area contributed by atoms with Gasteiger partial charge < -0.3 is 14.4 Å². The average Bonchev–Trinajstić information content (AvgIpc) is 3.39. The third-order valence-electron chi connectivity index (χ3n) is 6.04. The van der Waals surface area contributed by atoms with E-state index in [0.717, 1.165) is 61.1 Å². The maximum atomic E-state index is 6.83. The first-order valence-corrected chi connectivity index (χ1v) is 11.5. The Morgan fingerprint density at radius 2 is 1.90 bits per heavy atom. The van der Waals surface area contributed by atoms with Gasteiger partial charge in [-0.3, -0.25) is 0 Å². The molecule has 0 saturated carbocycles. The average molecular weight is 430 g/mol. The number of aryl methyl sites for hydroxylation is 1. The Bertz CT molecular complexity index is 948. The highest BCUT2D eigenvalue weighted by Crippen LogP contribution is 2.45. The number of rotatable bonds is 8. The lowest BCUT2D eigenvalue weighted by atomic mass is 10.0. The zero-order valence-electron chi connectivity index (χ0n) is 18.4. The highest BCUT2D eigenvalue weighted by atomic mass is 35.5. The number of hydrogen-bond donors (Lipinski definition) is 0. The van der Waals surface area contributed by atoms with E-state index in [9.17, 15) is 0 Å². The number of pyridine rings is 1. The van der Waals surface area contributed by atoms with E-state index < -0.39 is 0 Å². The zero-order chi connectivity index (χ0) is 21.1. The second-order valence-electron chi connectivity index (χ2n) is 8.53. The Morgan fingerprint density at radius 3 is 2.63 bits per heavy atom. The van der Waals surface area contributed by atoms with E-state index >= 15 is 0 Å². The van der Waals surface area contributed by atoms with Crippen molar-refractivity contribution in [2.45, 2.75) is 58.8 Å². The number of hydrogen-bond acceptors (Lipinski definition) is 5. The van der Waals surface area contributed by atoms with Gasteiger partial charge in [0.15, 0.2) is 17.3 Å². The molecule has 2 aromatic rings. The van der Waals surface area contributed by atoms with Gasteiger partial charge in [0.2, 0.25) is 0 Å². The third kappa shape index (κ3) is 4.42. The van der Waals surface area contributed by atoms with Gasteiger partial charge in [0.1, 0.15) is 0 Å². The van der Waals surface area contributed by atoms with Crippen molar-refractivity contribution in [2.75, 3.05) is 33.4 Å².